The number of carbonyl (C=O) groups is 1. The lowest BCUT2D eigenvalue weighted by Gasteiger charge is -2.32. The van der Waals surface area contributed by atoms with Gasteiger partial charge >= 0.3 is 0 Å². The lowest BCUT2D eigenvalue weighted by atomic mass is 9.85. The number of Topliss-reactive ketones (excluding diaryl/α,β-unsaturated/α-hetero) is 1. The van der Waals surface area contributed by atoms with Crippen molar-refractivity contribution in [2.45, 2.75) is 44.6 Å². The van der Waals surface area contributed by atoms with E-state index in [0.717, 1.165) is 31.7 Å². The van der Waals surface area contributed by atoms with Gasteiger partial charge in [0.05, 0.1) is 6.04 Å². The van der Waals surface area contributed by atoms with E-state index >= 15 is 0 Å². The maximum atomic E-state index is 11.5. The van der Waals surface area contributed by atoms with Crippen LogP contribution in [0.4, 0.5) is 0 Å². The molecule has 2 nitrogen and oxygen atoms in total. The molecule has 0 aromatic heterocycles. The van der Waals surface area contributed by atoms with Crippen LogP contribution in [-0.2, 0) is 4.79 Å². The van der Waals surface area contributed by atoms with Crippen LogP contribution in [0.1, 0.15) is 38.5 Å². The highest BCUT2D eigenvalue weighted by molar-refractivity contribution is 5.85. The van der Waals surface area contributed by atoms with E-state index in [-0.39, 0.29) is 6.04 Å². The average molecular weight is 181 g/mol. The number of likely N-dealkylation sites (N-methyl/N-ethyl adjacent to an activating group) is 1. The molecule has 1 atom stereocenters. The van der Waals surface area contributed by atoms with Crippen molar-refractivity contribution in [2.75, 3.05) is 13.6 Å². The van der Waals surface area contributed by atoms with Crippen molar-refractivity contribution in [1.82, 2.24) is 4.90 Å². The van der Waals surface area contributed by atoms with E-state index in [1.807, 2.05) is 0 Å². The zero-order valence-corrected chi connectivity index (χ0v) is 8.46. The Bertz CT molecular complexity index is 198. The van der Waals surface area contributed by atoms with E-state index in [1.54, 1.807) is 0 Å². The van der Waals surface area contributed by atoms with Gasteiger partial charge in [0.15, 0.2) is 0 Å². The smallest absolute Gasteiger partial charge is 0.149 e. The lowest BCUT2D eigenvalue weighted by molar-refractivity contribution is -0.121. The van der Waals surface area contributed by atoms with Gasteiger partial charge in [0.2, 0.25) is 0 Å². The van der Waals surface area contributed by atoms with Crippen LogP contribution < -0.4 is 0 Å². The van der Waals surface area contributed by atoms with Crippen LogP contribution in [0.3, 0.4) is 0 Å². The van der Waals surface area contributed by atoms with Crippen LogP contribution in [0.5, 0.6) is 0 Å². The zero-order chi connectivity index (χ0) is 9.26. The molecule has 0 bridgehead atoms. The SMILES string of the molecule is CN(CC1CCC1)C1CCCC1=O. The monoisotopic (exact) mass is 181 g/mol. The molecule has 0 aliphatic heterocycles. The molecule has 0 saturated heterocycles. The third-order valence-electron chi connectivity index (χ3n) is 3.58. The van der Waals surface area contributed by atoms with E-state index in [1.165, 1.54) is 19.3 Å². The number of rotatable bonds is 3. The minimum atomic E-state index is 0.264. The predicted molar refractivity (Wildman–Crippen MR) is 52.6 cm³/mol. The Hall–Kier alpha value is -0.370. The fourth-order valence-corrected chi connectivity index (χ4v) is 2.47. The van der Waals surface area contributed by atoms with Gasteiger partial charge in [0.1, 0.15) is 5.78 Å². The number of hydrogen-bond donors (Lipinski definition) is 0. The van der Waals surface area contributed by atoms with E-state index in [9.17, 15) is 4.79 Å². The first kappa shape index (κ1) is 9.20. The van der Waals surface area contributed by atoms with Gasteiger partial charge in [-0.15, -0.1) is 0 Å². The van der Waals surface area contributed by atoms with Crippen LogP contribution in [0.15, 0.2) is 0 Å². The highest BCUT2D eigenvalue weighted by atomic mass is 16.1. The van der Waals surface area contributed by atoms with Crippen molar-refractivity contribution >= 4 is 5.78 Å². The first-order valence-corrected chi connectivity index (χ1v) is 5.50. The molecule has 0 aromatic rings. The van der Waals surface area contributed by atoms with Crippen molar-refractivity contribution in [1.29, 1.82) is 0 Å². The Morgan fingerprint density at radius 1 is 1.31 bits per heavy atom. The van der Waals surface area contributed by atoms with Crippen LogP contribution >= 0.6 is 0 Å². The highest BCUT2D eigenvalue weighted by Gasteiger charge is 2.30. The highest BCUT2D eigenvalue weighted by Crippen LogP contribution is 2.29. The standard InChI is InChI=1S/C11H19NO/c1-12(8-9-4-2-5-9)10-6-3-7-11(10)13/h9-10H,2-8H2,1H3. The summed E-state index contributed by atoms with van der Waals surface area (Å²) in [7, 11) is 2.12. The van der Waals surface area contributed by atoms with Crippen LogP contribution in [-0.4, -0.2) is 30.3 Å². The number of carbonyl (C=O) groups excluding carboxylic acids is 1. The van der Waals surface area contributed by atoms with Gasteiger partial charge in [-0.2, -0.15) is 0 Å². The first-order chi connectivity index (χ1) is 6.27. The van der Waals surface area contributed by atoms with Crippen LogP contribution in [0.2, 0.25) is 0 Å². The predicted octanol–water partition coefficient (Wildman–Crippen LogP) is 1.84. The second-order valence-electron chi connectivity index (χ2n) is 4.61. The maximum absolute atomic E-state index is 11.5. The van der Waals surface area contributed by atoms with Crippen molar-refractivity contribution < 1.29 is 4.79 Å². The summed E-state index contributed by atoms with van der Waals surface area (Å²) in [6.45, 7) is 1.15. The maximum Gasteiger partial charge on any atom is 0.149 e. The molecule has 0 radical (unpaired) electrons. The third-order valence-corrected chi connectivity index (χ3v) is 3.58. The Kier molecular flexibility index (Phi) is 2.68. The molecule has 1 unspecified atom stereocenters. The fourth-order valence-electron chi connectivity index (χ4n) is 2.47. The van der Waals surface area contributed by atoms with Crippen molar-refractivity contribution in [3.05, 3.63) is 0 Å². The molecule has 2 heteroatoms. The van der Waals surface area contributed by atoms with E-state index in [0.29, 0.717) is 5.78 Å². The molecule has 0 N–H and O–H groups in total. The molecule has 0 spiro atoms. The summed E-state index contributed by atoms with van der Waals surface area (Å²) in [6, 6.07) is 0.264. The van der Waals surface area contributed by atoms with E-state index in [2.05, 4.69) is 11.9 Å². The lowest BCUT2D eigenvalue weighted by Crippen LogP contribution is -2.39. The molecule has 2 aliphatic rings. The molecule has 0 aromatic carbocycles. The van der Waals surface area contributed by atoms with Gasteiger partial charge < -0.3 is 0 Å². The minimum absolute atomic E-state index is 0.264. The normalized spacial score (nSPS) is 29.7. The van der Waals surface area contributed by atoms with E-state index < -0.39 is 0 Å². The van der Waals surface area contributed by atoms with Crippen molar-refractivity contribution in [2.24, 2.45) is 5.92 Å². The molecular formula is C11H19NO. The molecule has 2 saturated carbocycles. The van der Waals surface area contributed by atoms with E-state index in [4.69, 9.17) is 0 Å². The number of hydrogen-bond acceptors (Lipinski definition) is 2. The van der Waals surface area contributed by atoms with Gasteiger partial charge in [-0.1, -0.05) is 6.42 Å². The summed E-state index contributed by atoms with van der Waals surface area (Å²) in [5.74, 6) is 1.36. The number of nitrogens with zero attached hydrogens (tertiary/aromatic N) is 1. The minimum Gasteiger partial charge on any atom is -0.298 e. The molecule has 0 amide bonds. The molecular weight excluding hydrogens is 162 g/mol. The molecule has 0 heterocycles. The largest absolute Gasteiger partial charge is 0.298 e. The fraction of sp³-hybridized carbons (Fsp3) is 0.909. The van der Waals surface area contributed by atoms with Gasteiger partial charge in [0.25, 0.3) is 0 Å². The summed E-state index contributed by atoms with van der Waals surface area (Å²) >= 11 is 0. The Morgan fingerprint density at radius 3 is 2.54 bits per heavy atom. The molecule has 74 valence electrons. The van der Waals surface area contributed by atoms with Crippen LogP contribution in [0.25, 0.3) is 0 Å². The molecule has 2 rings (SSSR count). The number of ketones is 1. The second kappa shape index (κ2) is 3.79. The summed E-state index contributed by atoms with van der Waals surface area (Å²) < 4.78 is 0. The summed E-state index contributed by atoms with van der Waals surface area (Å²) in [6.07, 6.45) is 7.19. The van der Waals surface area contributed by atoms with Gasteiger partial charge in [0, 0.05) is 13.0 Å². The molecule has 2 fully saturated rings. The molecule has 2 aliphatic carbocycles. The quantitative estimate of drug-likeness (QED) is 0.662. The van der Waals surface area contributed by atoms with Gasteiger partial charge in [-0.3, -0.25) is 9.69 Å². The Morgan fingerprint density at radius 2 is 2.08 bits per heavy atom. The Labute approximate surface area is 80.3 Å². The summed E-state index contributed by atoms with van der Waals surface area (Å²) in [5, 5.41) is 0. The zero-order valence-electron chi connectivity index (χ0n) is 8.46. The molecule has 13 heavy (non-hydrogen) atoms. The topological polar surface area (TPSA) is 20.3 Å². The third kappa shape index (κ3) is 1.93. The van der Waals surface area contributed by atoms with Crippen LogP contribution in [0, 0.1) is 5.92 Å². The van der Waals surface area contributed by atoms with Crippen molar-refractivity contribution in [3.63, 3.8) is 0 Å². The average Bonchev–Trinajstić information content (AvgIpc) is 2.43. The van der Waals surface area contributed by atoms with Crippen molar-refractivity contribution in [3.8, 4) is 0 Å². The van der Waals surface area contributed by atoms with Gasteiger partial charge in [-0.05, 0) is 38.6 Å². The Balaban J connectivity index is 1.81. The van der Waals surface area contributed by atoms with Gasteiger partial charge in [-0.25, -0.2) is 0 Å². The summed E-state index contributed by atoms with van der Waals surface area (Å²) in [4.78, 5) is 13.8. The first-order valence-electron chi connectivity index (χ1n) is 5.50. The second-order valence-corrected chi connectivity index (χ2v) is 4.61. The summed E-state index contributed by atoms with van der Waals surface area (Å²) in [5.41, 5.74) is 0.